The summed E-state index contributed by atoms with van der Waals surface area (Å²) in [6.07, 6.45) is 3.55. The topological polar surface area (TPSA) is 53.5 Å². The molecule has 2 amide bonds. The van der Waals surface area contributed by atoms with Crippen LogP contribution in [0, 0.1) is 18.3 Å². The van der Waals surface area contributed by atoms with Gasteiger partial charge in [0.2, 0.25) is 5.91 Å². The van der Waals surface area contributed by atoms with Crippen molar-refractivity contribution in [3.63, 3.8) is 0 Å². The number of likely N-dealkylation sites (tertiary alicyclic amines) is 1. The van der Waals surface area contributed by atoms with Crippen LogP contribution >= 0.6 is 0 Å². The van der Waals surface area contributed by atoms with Gasteiger partial charge in [-0.3, -0.25) is 14.6 Å². The summed E-state index contributed by atoms with van der Waals surface area (Å²) in [6.45, 7) is 3.95. The van der Waals surface area contributed by atoms with Gasteiger partial charge in [0.15, 0.2) is 0 Å². The number of aryl methyl sites for hydroxylation is 1. The zero-order chi connectivity index (χ0) is 19.0. The molecular weight excluding hydrogens is 338 g/mol. The van der Waals surface area contributed by atoms with Gasteiger partial charge in [-0.05, 0) is 44.0 Å². The second kappa shape index (κ2) is 6.80. The van der Waals surface area contributed by atoms with Crippen molar-refractivity contribution in [3.8, 4) is 0 Å². The highest BCUT2D eigenvalue weighted by Crippen LogP contribution is 2.59. The number of carbonyl (C=O) groups is 2. The average Bonchev–Trinajstić information content (AvgIpc) is 3.20. The van der Waals surface area contributed by atoms with E-state index in [2.05, 4.69) is 4.98 Å². The van der Waals surface area contributed by atoms with Crippen molar-refractivity contribution < 1.29 is 9.59 Å². The molecule has 0 bridgehead atoms. The minimum absolute atomic E-state index is 0.0189. The third-order valence-electron chi connectivity index (χ3n) is 5.93. The molecule has 1 saturated heterocycles. The van der Waals surface area contributed by atoms with E-state index in [0.29, 0.717) is 13.1 Å². The molecular formula is C22H25N3O2. The zero-order valence-corrected chi connectivity index (χ0v) is 15.9. The van der Waals surface area contributed by atoms with Gasteiger partial charge >= 0.3 is 0 Å². The molecule has 2 heterocycles. The van der Waals surface area contributed by atoms with Gasteiger partial charge in [0, 0.05) is 43.2 Å². The molecule has 0 N–H and O–H groups in total. The lowest BCUT2D eigenvalue weighted by atomic mass is 10.0. The van der Waals surface area contributed by atoms with Gasteiger partial charge in [-0.1, -0.05) is 23.8 Å². The van der Waals surface area contributed by atoms with Crippen molar-refractivity contribution in [2.45, 2.75) is 26.3 Å². The summed E-state index contributed by atoms with van der Waals surface area (Å²) in [5.41, 5.74) is 2.70. The summed E-state index contributed by atoms with van der Waals surface area (Å²) >= 11 is 0. The Balaban J connectivity index is 1.38. The van der Waals surface area contributed by atoms with Gasteiger partial charge < -0.3 is 9.80 Å². The summed E-state index contributed by atoms with van der Waals surface area (Å²) in [4.78, 5) is 33.6. The zero-order valence-electron chi connectivity index (χ0n) is 15.9. The number of rotatable bonds is 4. The molecule has 5 nitrogen and oxygen atoms in total. The van der Waals surface area contributed by atoms with E-state index in [1.165, 1.54) is 0 Å². The summed E-state index contributed by atoms with van der Waals surface area (Å²) in [7, 11) is 1.84. The Labute approximate surface area is 160 Å². The molecule has 2 aliphatic rings. The molecule has 1 aliphatic carbocycles. The molecule has 2 atom stereocenters. The minimum atomic E-state index is -0.0189. The first-order valence-corrected chi connectivity index (χ1v) is 9.49. The monoisotopic (exact) mass is 363 g/mol. The maximum atomic E-state index is 12.9. The molecule has 2 aromatic rings. The van der Waals surface area contributed by atoms with Crippen LogP contribution in [0.2, 0.25) is 0 Å². The Morgan fingerprint density at radius 3 is 2.85 bits per heavy atom. The Hall–Kier alpha value is -2.69. The first kappa shape index (κ1) is 17.7. The van der Waals surface area contributed by atoms with Crippen LogP contribution in [-0.2, 0) is 11.3 Å². The molecule has 2 fully saturated rings. The Morgan fingerprint density at radius 1 is 1.26 bits per heavy atom. The molecule has 27 heavy (non-hydrogen) atoms. The second-order valence-corrected chi connectivity index (χ2v) is 7.98. The summed E-state index contributed by atoms with van der Waals surface area (Å²) in [5.74, 6) is 0.280. The van der Waals surface area contributed by atoms with Crippen LogP contribution in [0.3, 0.4) is 0 Å². The molecule has 0 unspecified atom stereocenters. The molecule has 5 heteroatoms. The number of aromatic nitrogens is 1. The van der Waals surface area contributed by atoms with Crippen molar-refractivity contribution in [1.29, 1.82) is 0 Å². The van der Waals surface area contributed by atoms with Crippen molar-refractivity contribution >= 4 is 11.8 Å². The lowest BCUT2D eigenvalue weighted by molar-refractivity contribution is -0.132. The van der Waals surface area contributed by atoms with Gasteiger partial charge in [-0.15, -0.1) is 0 Å². The number of amides is 2. The van der Waals surface area contributed by atoms with E-state index in [9.17, 15) is 9.59 Å². The molecule has 1 aromatic heterocycles. The van der Waals surface area contributed by atoms with Crippen LogP contribution in [0.4, 0.5) is 0 Å². The van der Waals surface area contributed by atoms with E-state index in [1.807, 2.05) is 61.3 Å². The Kier molecular flexibility index (Phi) is 4.46. The van der Waals surface area contributed by atoms with Crippen molar-refractivity contribution in [2.75, 3.05) is 20.1 Å². The first-order valence-electron chi connectivity index (χ1n) is 9.49. The van der Waals surface area contributed by atoms with Crippen LogP contribution in [0.5, 0.6) is 0 Å². The fraction of sp³-hybridized carbons (Fsp3) is 0.409. The van der Waals surface area contributed by atoms with Gasteiger partial charge in [0.25, 0.3) is 5.91 Å². The van der Waals surface area contributed by atoms with Crippen molar-refractivity contribution in [1.82, 2.24) is 14.8 Å². The van der Waals surface area contributed by atoms with Gasteiger partial charge in [-0.2, -0.15) is 0 Å². The molecule has 140 valence electrons. The minimum Gasteiger partial charge on any atom is -0.340 e. The number of hydrogen-bond acceptors (Lipinski definition) is 3. The summed E-state index contributed by atoms with van der Waals surface area (Å²) < 4.78 is 0. The van der Waals surface area contributed by atoms with E-state index in [-0.39, 0.29) is 23.1 Å². The summed E-state index contributed by atoms with van der Waals surface area (Å²) in [5, 5.41) is 0. The first-order chi connectivity index (χ1) is 13.0. The fourth-order valence-corrected chi connectivity index (χ4v) is 4.26. The lowest BCUT2D eigenvalue weighted by Gasteiger charge is -2.19. The van der Waals surface area contributed by atoms with Crippen LogP contribution in [-0.4, -0.2) is 46.7 Å². The quantitative estimate of drug-likeness (QED) is 0.839. The highest BCUT2D eigenvalue weighted by molar-refractivity contribution is 5.95. The smallest absolute Gasteiger partial charge is 0.253 e. The molecule has 1 aliphatic heterocycles. The predicted molar refractivity (Wildman–Crippen MR) is 103 cm³/mol. The van der Waals surface area contributed by atoms with Crippen molar-refractivity contribution in [2.24, 2.45) is 11.3 Å². The van der Waals surface area contributed by atoms with E-state index in [4.69, 9.17) is 0 Å². The van der Waals surface area contributed by atoms with Gasteiger partial charge in [-0.25, -0.2) is 0 Å². The molecule has 1 aromatic carbocycles. The van der Waals surface area contributed by atoms with E-state index in [1.54, 1.807) is 11.1 Å². The largest absolute Gasteiger partial charge is 0.340 e. The highest BCUT2D eigenvalue weighted by Gasteiger charge is 2.61. The normalized spacial score (nSPS) is 23.5. The highest BCUT2D eigenvalue weighted by atomic mass is 16.2. The molecule has 4 rings (SSSR count). The van der Waals surface area contributed by atoms with Gasteiger partial charge in [0.1, 0.15) is 0 Å². The molecule has 1 saturated carbocycles. The van der Waals surface area contributed by atoms with E-state index in [0.717, 1.165) is 36.2 Å². The van der Waals surface area contributed by atoms with Crippen LogP contribution < -0.4 is 0 Å². The van der Waals surface area contributed by atoms with Crippen LogP contribution in [0.1, 0.15) is 34.5 Å². The second-order valence-electron chi connectivity index (χ2n) is 7.98. The maximum absolute atomic E-state index is 12.9. The average molecular weight is 363 g/mol. The SMILES string of the molecule is Cc1cccc(C(=O)N2CC[C@@]3(C[C@H]3C(=O)N(C)Cc3ccccn3)C2)c1. The molecule has 0 radical (unpaired) electrons. The third kappa shape index (κ3) is 3.46. The number of benzene rings is 1. The van der Waals surface area contributed by atoms with E-state index < -0.39 is 0 Å². The number of hydrogen-bond donors (Lipinski definition) is 0. The standard InChI is InChI=1S/C22H25N3O2/c1-16-6-5-7-17(12-16)20(26)25-11-9-22(15-25)13-19(22)21(27)24(2)14-18-8-3-4-10-23-18/h3-8,10,12,19H,9,11,13-15H2,1-2H3/t19-,22+/m0/s1. The maximum Gasteiger partial charge on any atom is 0.253 e. The molecule has 1 spiro atoms. The van der Waals surface area contributed by atoms with Gasteiger partial charge in [0.05, 0.1) is 12.2 Å². The Morgan fingerprint density at radius 2 is 2.11 bits per heavy atom. The third-order valence-corrected chi connectivity index (χ3v) is 5.93. The fourth-order valence-electron chi connectivity index (χ4n) is 4.26. The van der Waals surface area contributed by atoms with Crippen LogP contribution in [0.15, 0.2) is 48.7 Å². The Bertz CT molecular complexity index is 867. The number of pyridine rings is 1. The number of carbonyl (C=O) groups excluding carboxylic acids is 2. The van der Waals surface area contributed by atoms with Crippen LogP contribution in [0.25, 0.3) is 0 Å². The lowest BCUT2D eigenvalue weighted by Crippen LogP contribution is -2.32. The number of nitrogens with zero attached hydrogens (tertiary/aromatic N) is 3. The van der Waals surface area contributed by atoms with E-state index >= 15 is 0 Å². The van der Waals surface area contributed by atoms with Crippen molar-refractivity contribution in [3.05, 3.63) is 65.5 Å². The summed E-state index contributed by atoms with van der Waals surface area (Å²) in [6, 6.07) is 13.5. The predicted octanol–water partition coefficient (Wildman–Crippen LogP) is 2.90.